The Labute approximate surface area is 120 Å². The van der Waals surface area contributed by atoms with Crippen LogP contribution in [0.15, 0.2) is 48.7 Å². The number of rotatable bonds is 2. The van der Waals surface area contributed by atoms with Crippen LogP contribution in [0.2, 0.25) is 0 Å². The van der Waals surface area contributed by atoms with Gasteiger partial charge in [-0.2, -0.15) is 0 Å². The minimum atomic E-state index is -0.610. The second kappa shape index (κ2) is 4.94. The van der Waals surface area contributed by atoms with Crippen molar-refractivity contribution in [3.63, 3.8) is 0 Å². The Morgan fingerprint density at radius 3 is 2.76 bits per heavy atom. The molecule has 0 bridgehead atoms. The molecule has 0 saturated heterocycles. The van der Waals surface area contributed by atoms with Crippen LogP contribution in [-0.2, 0) is 0 Å². The van der Waals surface area contributed by atoms with E-state index in [9.17, 15) is 9.18 Å². The molecule has 2 aromatic carbocycles. The number of carbonyl (C=O) groups is 1. The van der Waals surface area contributed by atoms with Crippen LogP contribution in [0.25, 0.3) is 10.9 Å². The first-order valence-electron chi connectivity index (χ1n) is 6.35. The molecule has 3 aromatic rings. The predicted octanol–water partition coefficient (Wildman–Crippen LogP) is 3.06. The Kier molecular flexibility index (Phi) is 3.10. The maximum Gasteiger partial charge on any atom is 0.266 e. The molecule has 2 N–H and O–H groups in total. The molecule has 0 spiro atoms. The summed E-state index contributed by atoms with van der Waals surface area (Å²) in [5.74, 6) is -0.773. The molecule has 0 atom stereocenters. The lowest BCUT2D eigenvalue weighted by atomic mass is 10.1. The lowest BCUT2D eigenvalue weighted by Crippen LogP contribution is -2.13. The molecule has 4 nitrogen and oxygen atoms in total. The van der Waals surface area contributed by atoms with E-state index >= 15 is 0 Å². The first-order chi connectivity index (χ1) is 10.1. The zero-order valence-corrected chi connectivity index (χ0v) is 11.3. The van der Waals surface area contributed by atoms with Crippen molar-refractivity contribution >= 4 is 22.5 Å². The van der Waals surface area contributed by atoms with Crippen molar-refractivity contribution in [3.05, 3.63) is 60.0 Å². The van der Waals surface area contributed by atoms with E-state index in [4.69, 9.17) is 10.5 Å². The quantitative estimate of drug-likeness (QED) is 0.736. The molecular formula is C16H13FN2O2. The van der Waals surface area contributed by atoms with Crippen molar-refractivity contribution in [2.24, 2.45) is 0 Å². The summed E-state index contributed by atoms with van der Waals surface area (Å²) in [5.41, 5.74) is 6.46. The van der Waals surface area contributed by atoms with Gasteiger partial charge in [-0.05, 0) is 18.2 Å². The molecule has 3 rings (SSSR count). The molecule has 0 radical (unpaired) electrons. The fraction of sp³-hybridized carbons (Fsp3) is 0.0625. The highest BCUT2D eigenvalue weighted by molar-refractivity contribution is 6.04. The monoisotopic (exact) mass is 284 g/mol. The Bertz CT molecular complexity index is 839. The highest BCUT2D eigenvalue weighted by Crippen LogP contribution is 2.26. The smallest absolute Gasteiger partial charge is 0.266 e. The predicted molar refractivity (Wildman–Crippen MR) is 79.0 cm³/mol. The fourth-order valence-corrected chi connectivity index (χ4v) is 2.30. The van der Waals surface area contributed by atoms with Crippen LogP contribution in [0.1, 0.15) is 10.4 Å². The van der Waals surface area contributed by atoms with Gasteiger partial charge in [0.1, 0.15) is 11.6 Å². The van der Waals surface area contributed by atoms with Gasteiger partial charge < -0.3 is 10.5 Å². The third-order valence-corrected chi connectivity index (χ3v) is 3.37. The number of benzene rings is 2. The number of nitrogen functional groups attached to an aromatic ring is 1. The summed E-state index contributed by atoms with van der Waals surface area (Å²) in [4.78, 5) is 12.7. The number of anilines is 1. The molecule has 0 aliphatic rings. The third-order valence-electron chi connectivity index (χ3n) is 3.37. The van der Waals surface area contributed by atoms with Crippen LogP contribution in [-0.4, -0.2) is 17.6 Å². The number of nitrogens with zero attached hydrogens (tertiary/aromatic N) is 1. The van der Waals surface area contributed by atoms with E-state index in [1.54, 1.807) is 6.20 Å². The highest BCUT2D eigenvalue weighted by Gasteiger charge is 2.18. The SMILES string of the molecule is COc1cc(F)c(N)cc1C(=O)n1ccc2ccccc21. The number of ether oxygens (including phenoxy) is 1. The number of nitrogens with two attached hydrogens (primary N) is 1. The second-order valence-corrected chi connectivity index (χ2v) is 4.62. The first-order valence-corrected chi connectivity index (χ1v) is 6.35. The van der Waals surface area contributed by atoms with E-state index in [0.717, 1.165) is 17.0 Å². The van der Waals surface area contributed by atoms with Crippen molar-refractivity contribution in [3.8, 4) is 5.75 Å². The summed E-state index contributed by atoms with van der Waals surface area (Å²) < 4.78 is 20.1. The molecule has 106 valence electrons. The van der Waals surface area contributed by atoms with Gasteiger partial charge in [-0.3, -0.25) is 9.36 Å². The van der Waals surface area contributed by atoms with Gasteiger partial charge >= 0.3 is 0 Å². The Morgan fingerprint density at radius 2 is 2.00 bits per heavy atom. The van der Waals surface area contributed by atoms with Gasteiger partial charge in [-0.1, -0.05) is 18.2 Å². The maximum absolute atomic E-state index is 13.5. The molecule has 0 aliphatic heterocycles. The topological polar surface area (TPSA) is 57.2 Å². The molecule has 0 unspecified atom stereocenters. The standard InChI is InChI=1S/C16H13FN2O2/c1-21-15-9-12(17)13(18)8-11(15)16(20)19-7-6-10-4-2-3-5-14(10)19/h2-9H,18H2,1H3. The molecule has 0 aliphatic carbocycles. The van der Waals surface area contributed by atoms with Gasteiger partial charge in [0.25, 0.3) is 5.91 Å². The fourth-order valence-electron chi connectivity index (χ4n) is 2.30. The Balaban J connectivity index is 2.16. The van der Waals surface area contributed by atoms with Crippen molar-refractivity contribution in [1.29, 1.82) is 0 Å². The van der Waals surface area contributed by atoms with E-state index in [1.807, 2.05) is 30.3 Å². The van der Waals surface area contributed by atoms with Crippen LogP contribution in [0.5, 0.6) is 5.75 Å². The lowest BCUT2D eigenvalue weighted by molar-refractivity contribution is 0.0962. The number of aromatic nitrogens is 1. The van der Waals surface area contributed by atoms with Crippen LogP contribution in [0.3, 0.4) is 0 Å². The van der Waals surface area contributed by atoms with Crippen LogP contribution >= 0.6 is 0 Å². The zero-order chi connectivity index (χ0) is 15.0. The van der Waals surface area contributed by atoms with Crippen molar-refractivity contribution in [2.45, 2.75) is 0 Å². The molecule has 1 heterocycles. The summed E-state index contributed by atoms with van der Waals surface area (Å²) in [7, 11) is 1.38. The normalized spacial score (nSPS) is 10.8. The lowest BCUT2D eigenvalue weighted by Gasteiger charge is -2.10. The minimum absolute atomic E-state index is 0.0874. The highest BCUT2D eigenvalue weighted by atomic mass is 19.1. The number of methoxy groups -OCH3 is 1. The summed E-state index contributed by atoms with van der Waals surface area (Å²) >= 11 is 0. The zero-order valence-electron chi connectivity index (χ0n) is 11.3. The molecular weight excluding hydrogens is 271 g/mol. The molecule has 0 fully saturated rings. The number of carbonyl (C=O) groups excluding carboxylic acids is 1. The number of fused-ring (bicyclic) bond motifs is 1. The van der Waals surface area contributed by atoms with E-state index in [1.165, 1.54) is 17.7 Å². The van der Waals surface area contributed by atoms with E-state index in [0.29, 0.717) is 0 Å². The number of halogens is 1. The molecule has 0 amide bonds. The number of hydrogen-bond donors (Lipinski definition) is 1. The summed E-state index contributed by atoms with van der Waals surface area (Å²) in [6.45, 7) is 0. The van der Waals surface area contributed by atoms with E-state index in [-0.39, 0.29) is 22.9 Å². The summed E-state index contributed by atoms with van der Waals surface area (Å²) in [5, 5.41) is 0.944. The van der Waals surface area contributed by atoms with Gasteiger partial charge in [0.05, 0.1) is 23.9 Å². The van der Waals surface area contributed by atoms with Crippen molar-refractivity contribution in [1.82, 2.24) is 4.57 Å². The van der Waals surface area contributed by atoms with Crippen LogP contribution < -0.4 is 10.5 Å². The van der Waals surface area contributed by atoms with Gasteiger partial charge in [0.2, 0.25) is 0 Å². The van der Waals surface area contributed by atoms with Gasteiger partial charge in [-0.15, -0.1) is 0 Å². The summed E-state index contributed by atoms with van der Waals surface area (Å²) in [6.07, 6.45) is 1.67. The van der Waals surface area contributed by atoms with Gasteiger partial charge in [0.15, 0.2) is 0 Å². The van der Waals surface area contributed by atoms with E-state index < -0.39 is 5.82 Å². The average Bonchev–Trinajstić information content (AvgIpc) is 2.92. The largest absolute Gasteiger partial charge is 0.496 e. The Hall–Kier alpha value is -2.82. The van der Waals surface area contributed by atoms with Crippen molar-refractivity contribution < 1.29 is 13.9 Å². The first kappa shape index (κ1) is 13.2. The van der Waals surface area contributed by atoms with Gasteiger partial charge in [0, 0.05) is 17.6 Å². The number of para-hydroxylation sites is 1. The van der Waals surface area contributed by atoms with Crippen LogP contribution in [0, 0.1) is 5.82 Å². The number of hydrogen-bond acceptors (Lipinski definition) is 3. The molecule has 0 saturated carbocycles. The maximum atomic E-state index is 13.5. The minimum Gasteiger partial charge on any atom is -0.496 e. The van der Waals surface area contributed by atoms with Gasteiger partial charge in [-0.25, -0.2) is 4.39 Å². The second-order valence-electron chi connectivity index (χ2n) is 4.62. The molecule has 5 heteroatoms. The van der Waals surface area contributed by atoms with Crippen molar-refractivity contribution in [2.75, 3.05) is 12.8 Å². The molecule has 1 aromatic heterocycles. The third kappa shape index (κ3) is 2.12. The summed E-state index contributed by atoms with van der Waals surface area (Å²) in [6, 6.07) is 11.8. The average molecular weight is 284 g/mol. The molecule has 21 heavy (non-hydrogen) atoms. The van der Waals surface area contributed by atoms with E-state index in [2.05, 4.69) is 0 Å². The van der Waals surface area contributed by atoms with Crippen LogP contribution in [0.4, 0.5) is 10.1 Å². The Morgan fingerprint density at radius 1 is 1.24 bits per heavy atom.